The summed E-state index contributed by atoms with van der Waals surface area (Å²) in [5, 5.41) is 0. The zero-order chi connectivity index (χ0) is 14.0. The fourth-order valence-corrected chi connectivity index (χ4v) is 3.50. The SMILES string of the molecule is CCc1ccc(S(=O)(=O)NC2CC(OC)C2)cc1N. The molecule has 5 nitrogen and oxygen atoms in total. The average Bonchev–Trinajstić information content (AvgIpc) is 2.33. The minimum Gasteiger partial charge on any atom is -0.398 e. The third-order valence-electron chi connectivity index (χ3n) is 3.56. The van der Waals surface area contributed by atoms with Crippen LogP contribution >= 0.6 is 0 Å². The summed E-state index contributed by atoms with van der Waals surface area (Å²) in [5.41, 5.74) is 7.32. The number of hydrogen-bond donors (Lipinski definition) is 2. The van der Waals surface area contributed by atoms with E-state index in [4.69, 9.17) is 10.5 Å². The average molecular weight is 284 g/mol. The molecule has 0 atom stereocenters. The van der Waals surface area contributed by atoms with Crippen molar-refractivity contribution in [3.63, 3.8) is 0 Å². The van der Waals surface area contributed by atoms with E-state index >= 15 is 0 Å². The van der Waals surface area contributed by atoms with Crippen molar-refractivity contribution in [1.82, 2.24) is 4.72 Å². The van der Waals surface area contributed by atoms with Crippen molar-refractivity contribution in [2.24, 2.45) is 0 Å². The molecular formula is C13H20N2O3S. The summed E-state index contributed by atoms with van der Waals surface area (Å²) < 4.78 is 32.2. The number of anilines is 1. The molecule has 0 saturated heterocycles. The van der Waals surface area contributed by atoms with Gasteiger partial charge in [0.1, 0.15) is 0 Å². The molecule has 1 fully saturated rings. The molecule has 0 radical (unpaired) electrons. The van der Waals surface area contributed by atoms with Gasteiger partial charge in [0.2, 0.25) is 10.0 Å². The van der Waals surface area contributed by atoms with E-state index in [1.54, 1.807) is 19.2 Å². The van der Waals surface area contributed by atoms with Crippen LogP contribution in [0.1, 0.15) is 25.3 Å². The first-order valence-electron chi connectivity index (χ1n) is 6.39. The smallest absolute Gasteiger partial charge is 0.240 e. The molecule has 0 unspecified atom stereocenters. The highest BCUT2D eigenvalue weighted by Gasteiger charge is 2.32. The van der Waals surface area contributed by atoms with Gasteiger partial charge in [-0.25, -0.2) is 13.1 Å². The first-order valence-corrected chi connectivity index (χ1v) is 7.88. The molecule has 1 aromatic rings. The van der Waals surface area contributed by atoms with E-state index in [9.17, 15) is 8.42 Å². The molecule has 1 aliphatic carbocycles. The van der Waals surface area contributed by atoms with E-state index in [2.05, 4.69) is 4.72 Å². The van der Waals surface area contributed by atoms with E-state index in [-0.39, 0.29) is 17.0 Å². The van der Waals surface area contributed by atoms with E-state index in [0.717, 1.165) is 24.8 Å². The van der Waals surface area contributed by atoms with Gasteiger partial charge in [-0.05, 0) is 37.0 Å². The van der Waals surface area contributed by atoms with Gasteiger partial charge in [-0.15, -0.1) is 0 Å². The second kappa shape index (κ2) is 5.48. The molecule has 1 aromatic carbocycles. The van der Waals surface area contributed by atoms with Crippen LogP contribution in [-0.4, -0.2) is 27.7 Å². The third-order valence-corrected chi connectivity index (χ3v) is 5.08. The molecule has 0 aliphatic heterocycles. The predicted molar refractivity (Wildman–Crippen MR) is 74.4 cm³/mol. The topological polar surface area (TPSA) is 81.4 Å². The Morgan fingerprint density at radius 2 is 2.11 bits per heavy atom. The zero-order valence-corrected chi connectivity index (χ0v) is 12.0. The van der Waals surface area contributed by atoms with Crippen LogP contribution in [0.15, 0.2) is 23.1 Å². The maximum absolute atomic E-state index is 12.2. The number of ether oxygens (including phenoxy) is 1. The van der Waals surface area contributed by atoms with Gasteiger partial charge in [0, 0.05) is 18.8 Å². The van der Waals surface area contributed by atoms with Crippen molar-refractivity contribution in [1.29, 1.82) is 0 Å². The summed E-state index contributed by atoms with van der Waals surface area (Å²) in [4.78, 5) is 0.225. The minimum absolute atomic E-state index is 0.0398. The number of nitrogens with two attached hydrogens (primary N) is 1. The van der Waals surface area contributed by atoms with Crippen LogP contribution in [0.3, 0.4) is 0 Å². The number of sulfonamides is 1. The van der Waals surface area contributed by atoms with Gasteiger partial charge in [-0.3, -0.25) is 0 Å². The molecule has 1 aliphatic rings. The van der Waals surface area contributed by atoms with Crippen molar-refractivity contribution in [3.05, 3.63) is 23.8 Å². The van der Waals surface area contributed by atoms with Gasteiger partial charge in [-0.2, -0.15) is 0 Å². The number of nitrogens with one attached hydrogen (secondary N) is 1. The highest BCUT2D eigenvalue weighted by Crippen LogP contribution is 2.25. The summed E-state index contributed by atoms with van der Waals surface area (Å²) in [6.45, 7) is 1.98. The third kappa shape index (κ3) is 3.08. The lowest BCUT2D eigenvalue weighted by molar-refractivity contribution is 0.0236. The van der Waals surface area contributed by atoms with Crippen LogP contribution in [0.25, 0.3) is 0 Å². The Morgan fingerprint density at radius 1 is 1.42 bits per heavy atom. The van der Waals surface area contributed by atoms with E-state index in [0.29, 0.717) is 5.69 Å². The quantitative estimate of drug-likeness (QED) is 0.798. The monoisotopic (exact) mass is 284 g/mol. The second-order valence-corrected chi connectivity index (χ2v) is 6.58. The van der Waals surface area contributed by atoms with Gasteiger partial charge < -0.3 is 10.5 Å². The Kier molecular flexibility index (Phi) is 4.13. The molecule has 0 spiro atoms. The molecule has 0 aromatic heterocycles. The van der Waals surface area contributed by atoms with E-state index < -0.39 is 10.0 Å². The first kappa shape index (κ1) is 14.3. The Bertz CT molecular complexity index is 551. The molecule has 0 bridgehead atoms. The molecule has 106 valence electrons. The van der Waals surface area contributed by atoms with Crippen LogP contribution in [0.5, 0.6) is 0 Å². The minimum atomic E-state index is -3.49. The van der Waals surface area contributed by atoms with E-state index in [1.807, 2.05) is 6.92 Å². The van der Waals surface area contributed by atoms with Crippen LogP contribution in [0, 0.1) is 0 Å². The van der Waals surface area contributed by atoms with Crippen molar-refractivity contribution >= 4 is 15.7 Å². The van der Waals surface area contributed by atoms with Gasteiger partial charge in [0.15, 0.2) is 0 Å². The largest absolute Gasteiger partial charge is 0.398 e. The number of nitrogen functional groups attached to an aromatic ring is 1. The molecule has 0 amide bonds. The summed E-state index contributed by atoms with van der Waals surface area (Å²) >= 11 is 0. The summed E-state index contributed by atoms with van der Waals surface area (Å²) in [7, 11) is -1.85. The molecule has 19 heavy (non-hydrogen) atoms. The zero-order valence-electron chi connectivity index (χ0n) is 11.2. The standard InChI is InChI=1S/C13H20N2O3S/c1-3-9-4-5-12(8-13(9)14)19(16,17)15-10-6-11(7-10)18-2/h4-5,8,10-11,15H,3,6-7,14H2,1-2H3. The summed E-state index contributed by atoms with van der Waals surface area (Å²) in [5.74, 6) is 0. The van der Waals surface area contributed by atoms with Crippen molar-refractivity contribution in [2.75, 3.05) is 12.8 Å². The van der Waals surface area contributed by atoms with Crippen LogP contribution in [0.4, 0.5) is 5.69 Å². The summed E-state index contributed by atoms with van der Waals surface area (Å²) in [6.07, 6.45) is 2.40. The lowest BCUT2D eigenvalue weighted by Crippen LogP contribution is -2.47. The molecule has 6 heteroatoms. The van der Waals surface area contributed by atoms with Gasteiger partial charge in [0.05, 0.1) is 11.0 Å². The predicted octanol–water partition coefficient (Wildman–Crippen LogP) is 1.29. The van der Waals surface area contributed by atoms with Crippen molar-refractivity contribution in [3.8, 4) is 0 Å². The normalized spacial score (nSPS) is 23.1. The number of benzene rings is 1. The Labute approximate surface area is 114 Å². The Balaban J connectivity index is 2.09. The van der Waals surface area contributed by atoms with Crippen LogP contribution in [0.2, 0.25) is 0 Å². The lowest BCUT2D eigenvalue weighted by Gasteiger charge is -2.34. The molecule has 2 rings (SSSR count). The molecule has 1 saturated carbocycles. The van der Waals surface area contributed by atoms with Crippen LogP contribution in [-0.2, 0) is 21.2 Å². The molecule has 0 heterocycles. The number of hydrogen-bond acceptors (Lipinski definition) is 4. The number of methoxy groups -OCH3 is 1. The van der Waals surface area contributed by atoms with Crippen molar-refractivity contribution < 1.29 is 13.2 Å². The Morgan fingerprint density at radius 3 is 2.63 bits per heavy atom. The maximum Gasteiger partial charge on any atom is 0.240 e. The highest BCUT2D eigenvalue weighted by molar-refractivity contribution is 7.89. The van der Waals surface area contributed by atoms with Gasteiger partial charge in [-0.1, -0.05) is 13.0 Å². The number of aryl methyl sites for hydroxylation is 1. The van der Waals surface area contributed by atoms with Crippen molar-refractivity contribution in [2.45, 2.75) is 43.2 Å². The van der Waals surface area contributed by atoms with Crippen LogP contribution < -0.4 is 10.5 Å². The molecular weight excluding hydrogens is 264 g/mol. The maximum atomic E-state index is 12.2. The lowest BCUT2D eigenvalue weighted by atomic mass is 9.90. The first-order chi connectivity index (χ1) is 8.96. The fourth-order valence-electron chi connectivity index (χ4n) is 2.20. The number of rotatable bonds is 5. The van der Waals surface area contributed by atoms with Gasteiger partial charge in [0.25, 0.3) is 0 Å². The summed E-state index contributed by atoms with van der Waals surface area (Å²) in [6, 6.07) is 4.85. The van der Waals surface area contributed by atoms with E-state index in [1.165, 1.54) is 6.07 Å². The highest BCUT2D eigenvalue weighted by atomic mass is 32.2. The fraction of sp³-hybridized carbons (Fsp3) is 0.538. The molecule has 3 N–H and O–H groups in total. The Hall–Kier alpha value is -1.11. The second-order valence-electron chi connectivity index (χ2n) is 4.86. The van der Waals surface area contributed by atoms with Gasteiger partial charge >= 0.3 is 0 Å².